The molecule has 6 rings (SSSR count). The highest BCUT2D eigenvalue weighted by molar-refractivity contribution is 6.00. The first-order chi connectivity index (χ1) is 23.7. The molecule has 4 aliphatic heterocycles. The maximum absolute atomic E-state index is 12.8. The summed E-state index contributed by atoms with van der Waals surface area (Å²) in [5, 5.41) is 0. The Labute approximate surface area is 296 Å². The molecular weight excluding hydrogens is 636 g/mol. The quantitative estimate of drug-likeness (QED) is 0.455. The van der Waals surface area contributed by atoms with Gasteiger partial charge in [-0.05, 0) is 78.6 Å². The van der Waals surface area contributed by atoms with Gasteiger partial charge >= 0.3 is 12.2 Å². The summed E-state index contributed by atoms with van der Waals surface area (Å²) in [7, 11) is 0. The van der Waals surface area contributed by atoms with Gasteiger partial charge in [-0.2, -0.15) is 0 Å². The topological polar surface area (TPSA) is 106 Å². The number of benzene rings is 2. The van der Waals surface area contributed by atoms with Gasteiger partial charge < -0.3 is 29.1 Å². The molecular formula is C38H54N6O6. The van der Waals surface area contributed by atoms with Gasteiger partial charge in [0.15, 0.2) is 0 Å². The van der Waals surface area contributed by atoms with Crippen molar-refractivity contribution in [1.29, 1.82) is 0 Å². The van der Waals surface area contributed by atoms with Gasteiger partial charge in [0.05, 0.1) is 12.1 Å². The summed E-state index contributed by atoms with van der Waals surface area (Å²) in [6, 6.07) is 19.5. The second-order valence-corrected chi connectivity index (χ2v) is 15.3. The van der Waals surface area contributed by atoms with Gasteiger partial charge in [-0.1, -0.05) is 36.4 Å². The zero-order chi connectivity index (χ0) is 36.1. The number of piperazine rings is 2. The molecule has 4 saturated heterocycles. The molecule has 2 aromatic rings. The third-order valence-corrected chi connectivity index (χ3v) is 9.30. The van der Waals surface area contributed by atoms with Crippen molar-refractivity contribution in [2.24, 2.45) is 0 Å². The lowest BCUT2D eigenvalue weighted by Crippen LogP contribution is -2.54. The van der Waals surface area contributed by atoms with Crippen LogP contribution in [0.5, 0.6) is 0 Å². The summed E-state index contributed by atoms with van der Waals surface area (Å²) in [5.74, 6) is 0.328. The molecule has 0 aromatic heterocycles. The number of para-hydroxylation sites is 2. The van der Waals surface area contributed by atoms with Crippen LogP contribution in [0.2, 0.25) is 0 Å². The number of ether oxygens (including phenoxy) is 2. The number of anilines is 2. The van der Waals surface area contributed by atoms with Crippen molar-refractivity contribution in [3.63, 3.8) is 0 Å². The molecule has 0 radical (unpaired) electrons. The van der Waals surface area contributed by atoms with Gasteiger partial charge in [-0.3, -0.25) is 19.4 Å². The molecule has 4 fully saturated rings. The lowest BCUT2D eigenvalue weighted by molar-refractivity contribution is -0.123. The van der Waals surface area contributed by atoms with E-state index in [2.05, 4.69) is 9.80 Å². The van der Waals surface area contributed by atoms with Gasteiger partial charge in [0.1, 0.15) is 11.2 Å². The summed E-state index contributed by atoms with van der Waals surface area (Å²) in [5.41, 5.74) is 0.960. The zero-order valence-electron chi connectivity index (χ0n) is 30.5. The van der Waals surface area contributed by atoms with Crippen molar-refractivity contribution >= 4 is 35.4 Å². The molecule has 12 nitrogen and oxygen atoms in total. The fourth-order valence-electron chi connectivity index (χ4n) is 6.82. The Hall–Kier alpha value is -4.16. The SMILES string of the molecule is CC(C)(C)OC(=O)N1CCN([C@@H]2CCN(c3ccccc3)C2=O)CC1.CC(C)(C)OC(=O)N1CCN([C@H]2CCN(c3ccccc3)C2=O)CC1. The van der Waals surface area contributed by atoms with Crippen LogP contribution in [0, 0.1) is 0 Å². The molecule has 4 aliphatic rings. The van der Waals surface area contributed by atoms with Crippen LogP contribution in [-0.4, -0.2) is 132 Å². The van der Waals surface area contributed by atoms with Crippen molar-refractivity contribution < 1.29 is 28.7 Å². The number of amides is 4. The molecule has 4 amide bonds. The van der Waals surface area contributed by atoms with Crippen molar-refractivity contribution in [1.82, 2.24) is 19.6 Å². The predicted molar refractivity (Wildman–Crippen MR) is 193 cm³/mol. The van der Waals surface area contributed by atoms with Crippen LogP contribution >= 0.6 is 0 Å². The van der Waals surface area contributed by atoms with Crippen molar-refractivity contribution in [2.45, 2.75) is 77.7 Å². The highest BCUT2D eigenvalue weighted by Gasteiger charge is 2.40. The molecule has 4 heterocycles. The second-order valence-electron chi connectivity index (χ2n) is 15.3. The van der Waals surface area contributed by atoms with E-state index < -0.39 is 11.2 Å². The smallest absolute Gasteiger partial charge is 0.410 e. The highest BCUT2D eigenvalue weighted by Crippen LogP contribution is 2.27. The molecule has 0 saturated carbocycles. The van der Waals surface area contributed by atoms with Gasteiger partial charge in [-0.25, -0.2) is 9.59 Å². The van der Waals surface area contributed by atoms with Crippen LogP contribution in [0.4, 0.5) is 21.0 Å². The van der Waals surface area contributed by atoms with E-state index in [9.17, 15) is 19.2 Å². The molecule has 0 spiro atoms. The molecule has 272 valence electrons. The Morgan fingerprint density at radius 1 is 0.520 bits per heavy atom. The van der Waals surface area contributed by atoms with Crippen molar-refractivity contribution in [3.05, 3.63) is 60.7 Å². The van der Waals surface area contributed by atoms with Gasteiger partial charge in [0, 0.05) is 76.8 Å². The molecule has 2 atom stereocenters. The third kappa shape index (κ3) is 9.54. The maximum Gasteiger partial charge on any atom is 0.410 e. The molecule has 0 N–H and O–H groups in total. The van der Waals surface area contributed by atoms with Crippen LogP contribution in [-0.2, 0) is 19.1 Å². The minimum atomic E-state index is -0.480. The second kappa shape index (κ2) is 15.8. The van der Waals surface area contributed by atoms with E-state index in [1.54, 1.807) is 9.80 Å². The predicted octanol–water partition coefficient (Wildman–Crippen LogP) is 4.69. The zero-order valence-corrected chi connectivity index (χ0v) is 30.5. The lowest BCUT2D eigenvalue weighted by atomic mass is 10.2. The lowest BCUT2D eigenvalue weighted by Gasteiger charge is -2.37. The van der Waals surface area contributed by atoms with E-state index in [0.29, 0.717) is 52.4 Å². The van der Waals surface area contributed by atoms with Crippen molar-refractivity contribution in [3.8, 4) is 0 Å². The highest BCUT2D eigenvalue weighted by atomic mass is 16.6. The van der Waals surface area contributed by atoms with Gasteiger partial charge in [0.25, 0.3) is 0 Å². The van der Waals surface area contributed by atoms with E-state index in [1.165, 1.54) is 0 Å². The fraction of sp³-hybridized carbons (Fsp3) is 0.579. The number of hydrogen-bond donors (Lipinski definition) is 0. The van der Waals surface area contributed by atoms with E-state index in [4.69, 9.17) is 9.47 Å². The normalized spacial score (nSPS) is 22.4. The molecule has 0 aliphatic carbocycles. The number of rotatable bonds is 4. The number of carbonyl (C=O) groups is 4. The van der Waals surface area contributed by atoms with Crippen LogP contribution in [0.15, 0.2) is 60.7 Å². The van der Waals surface area contributed by atoms with Crippen LogP contribution in [0.3, 0.4) is 0 Å². The van der Waals surface area contributed by atoms with Crippen LogP contribution < -0.4 is 9.80 Å². The van der Waals surface area contributed by atoms with Gasteiger partial charge in [-0.15, -0.1) is 0 Å². The molecule has 0 unspecified atom stereocenters. The standard InChI is InChI=1S/2C19H27N3O3/c2*1-19(2,3)25-18(24)21-13-11-20(12-14-21)16-9-10-22(17(16)23)15-7-5-4-6-8-15/h2*4-8,16H,9-14H2,1-3H3/t2*16-/m10/s1. The summed E-state index contributed by atoms with van der Waals surface area (Å²) in [6.07, 6.45) is 1.13. The van der Waals surface area contributed by atoms with Crippen LogP contribution in [0.1, 0.15) is 54.4 Å². The monoisotopic (exact) mass is 690 g/mol. The third-order valence-electron chi connectivity index (χ3n) is 9.30. The Morgan fingerprint density at radius 2 is 0.840 bits per heavy atom. The average molecular weight is 691 g/mol. The Balaban J connectivity index is 0.000000194. The van der Waals surface area contributed by atoms with E-state index >= 15 is 0 Å². The molecule has 2 aromatic carbocycles. The number of carbonyl (C=O) groups excluding carboxylic acids is 4. The average Bonchev–Trinajstić information content (AvgIpc) is 3.66. The summed E-state index contributed by atoms with van der Waals surface area (Å²) in [6.45, 7) is 18.0. The Kier molecular flexibility index (Phi) is 11.7. The first kappa shape index (κ1) is 37.1. The van der Waals surface area contributed by atoms with Crippen LogP contribution in [0.25, 0.3) is 0 Å². The molecule has 0 bridgehead atoms. The van der Waals surface area contributed by atoms with E-state index in [1.807, 2.05) is 112 Å². The number of hydrogen-bond acceptors (Lipinski definition) is 8. The minimum absolute atomic E-state index is 0.0824. The minimum Gasteiger partial charge on any atom is -0.444 e. The fourth-order valence-corrected chi connectivity index (χ4v) is 6.82. The summed E-state index contributed by atoms with van der Waals surface area (Å²) >= 11 is 0. The number of nitrogens with zero attached hydrogens (tertiary/aromatic N) is 6. The molecule has 50 heavy (non-hydrogen) atoms. The summed E-state index contributed by atoms with van der Waals surface area (Å²) < 4.78 is 10.9. The largest absolute Gasteiger partial charge is 0.444 e. The Bertz CT molecular complexity index is 1350. The Morgan fingerprint density at radius 3 is 1.14 bits per heavy atom. The summed E-state index contributed by atoms with van der Waals surface area (Å²) in [4.78, 5) is 61.5. The van der Waals surface area contributed by atoms with E-state index in [0.717, 1.165) is 37.3 Å². The maximum atomic E-state index is 12.8. The van der Waals surface area contributed by atoms with Crippen molar-refractivity contribution in [2.75, 3.05) is 75.2 Å². The first-order valence-electron chi connectivity index (χ1n) is 17.9. The van der Waals surface area contributed by atoms with E-state index in [-0.39, 0.29) is 36.1 Å². The molecule has 12 heteroatoms. The van der Waals surface area contributed by atoms with Gasteiger partial charge in [0.2, 0.25) is 11.8 Å². The first-order valence-corrected chi connectivity index (χ1v) is 17.9.